The predicted molar refractivity (Wildman–Crippen MR) is 85.7 cm³/mol. The van der Waals surface area contributed by atoms with Crippen LogP contribution in [0.3, 0.4) is 0 Å². The predicted octanol–water partition coefficient (Wildman–Crippen LogP) is 2.01. The fraction of sp³-hybridized carbons (Fsp3) is 0.188. The summed E-state index contributed by atoms with van der Waals surface area (Å²) in [6.45, 7) is 0.599. The molecule has 6 nitrogen and oxygen atoms in total. The minimum absolute atomic E-state index is 0.0694. The van der Waals surface area contributed by atoms with Crippen molar-refractivity contribution in [1.82, 2.24) is 19.5 Å². The molecule has 0 atom stereocenters. The molecule has 0 bridgehead atoms. The number of H-pyrrole nitrogens is 1. The maximum absolute atomic E-state index is 13.2. The molecule has 3 aromatic rings. The van der Waals surface area contributed by atoms with Crippen LogP contribution in [0.2, 0.25) is 5.02 Å². The van der Waals surface area contributed by atoms with E-state index in [2.05, 4.69) is 10.1 Å². The number of nitrogens with zero attached hydrogens (tertiary/aromatic N) is 3. The van der Waals surface area contributed by atoms with Gasteiger partial charge in [0.2, 0.25) is 0 Å². The largest absolute Gasteiger partial charge is 0.332 e. The summed E-state index contributed by atoms with van der Waals surface area (Å²) in [5, 5.41) is 2.89. The molecule has 4 rings (SSSR count). The van der Waals surface area contributed by atoms with Crippen molar-refractivity contribution in [3.63, 3.8) is 0 Å². The van der Waals surface area contributed by atoms with Crippen LogP contribution >= 0.6 is 11.6 Å². The zero-order valence-electron chi connectivity index (χ0n) is 12.4. The molecule has 122 valence electrons. The molecule has 2 aromatic heterocycles. The standard InChI is InChI=1S/C16H12ClFN4O2/c17-12-7-9(18)1-2-10(12)15(23)21-6-4-11-13(8-21)20-14-3-5-19-22(14)16(11)24/h1-3,5,7,19H,4,6,8H2. The number of fused-ring (bicyclic) bond motifs is 2. The zero-order chi connectivity index (χ0) is 16.8. The Morgan fingerprint density at radius 1 is 1.33 bits per heavy atom. The molecule has 1 N–H and O–H groups in total. The highest BCUT2D eigenvalue weighted by atomic mass is 35.5. The maximum atomic E-state index is 13.2. The third-order valence-corrected chi connectivity index (χ3v) is 4.46. The van der Waals surface area contributed by atoms with E-state index < -0.39 is 5.82 Å². The SMILES string of the molecule is O=C(c1ccc(F)cc1Cl)N1CCc2c(nc3cc[nH]n3c2=O)C1. The Morgan fingerprint density at radius 2 is 2.17 bits per heavy atom. The smallest absolute Gasteiger partial charge is 0.276 e. The minimum atomic E-state index is -0.495. The van der Waals surface area contributed by atoms with Crippen LogP contribution in [0.15, 0.2) is 35.3 Å². The van der Waals surface area contributed by atoms with E-state index in [9.17, 15) is 14.0 Å². The van der Waals surface area contributed by atoms with E-state index in [4.69, 9.17) is 11.6 Å². The number of nitrogens with one attached hydrogen (secondary N) is 1. The van der Waals surface area contributed by atoms with Gasteiger partial charge in [-0.15, -0.1) is 0 Å². The summed E-state index contributed by atoms with van der Waals surface area (Å²) in [4.78, 5) is 31.1. The summed E-state index contributed by atoms with van der Waals surface area (Å²) in [5.74, 6) is -0.799. The van der Waals surface area contributed by atoms with Gasteiger partial charge >= 0.3 is 0 Å². The van der Waals surface area contributed by atoms with Crippen molar-refractivity contribution in [1.29, 1.82) is 0 Å². The Balaban J connectivity index is 1.70. The molecule has 24 heavy (non-hydrogen) atoms. The van der Waals surface area contributed by atoms with Gasteiger partial charge in [-0.1, -0.05) is 11.6 Å². The average Bonchev–Trinajstić information content (AvgIpc) is 3.02. The molecule has 1 amide bonds. The fourth-order valence-corrected chi connectivity index (χ4v) is 3.18. The second-order valence-electron chi connectivity index (χ2n) is 5.60. The van der Waals surface area contributed by atoms with Gasteiger partial charge in [0.25, 0.3) is 11.5 Å². The van der Waals surface area contributed by atoms with Crippen LogP contribution in [-0.4, -0.2) is 31.9 Å². The molecule has 1 aliphatic rings. The normalized spacial score (nSPS) is 14.0. The lowest BCUT2D eigenvalue weighted by molar-refractivity contribution is 0.0731. The highest BCUT2D eigenvalue weighted by Gasteiger charge is 2.26. The number of hydrogen-bond donors (Lipinski definition) is 1. The lowest BCUT2D eigenvalue weighted by Gasteiger charge is -2.28. The van der Waals surface area contributed by atoms with Crippen molar-refractivity contribution < 1.29 is 9.18 Å². The quantitative estimate of drug-likeness (QED) is 0.732. The lowest BCUT2D eigenvalue weighted by atomic mass is 10.1. The Bertz CT molecular complexity index is 1030. The second-order valence-corrected chi connectivity index (χ2v) is 6.01. The number of hydrogen-bond acceptors (Lipinski definition) is 3. The van der Waals surface area contributed by atoms with Crippen LogP contribution in [-0.2, 0) is 13.0 Å². The van der Waals surface area contributed by atoms with Crippen molar-refractivity contribution in [3.05, 3.63) is 68.5 Å². The number of aromatic nitrogens is 3. The van der Waals surface area contributed by atoms with Crippen LogP contribution in [0.4, 0.5) is 4.39 Å². The van der Waals surface area contributed by atoms with Gasteiger partial charge in [0.15, 0.2) is 5.65 Å². The number of benzene rings is 1. The molecule has 0 fully saturated rings. The van der Waals surface area contributed by atoms with Crippen LogP contribution < -0.4 is 5.56 Å². The van der Waals surface area contributed by atoms with Gasteiger partial charge in [0, 0.05) is 24.4 Å². The molecule has 0 saturated carbocycles. The number of carbonyl (C=O) groups is 1. The van der Waals surface area contributed by atoms with E-state index in [1.54, 1.807) is 17.2 Å². The fourth-order valence-electron chi connectivity index (χ4n) is 2.94. The molecule has 0 saturated heterocycles. The Labute approximate surface area is 140 Å². The van der Waals surface area contributed by atoms with Crippen molar-refractivity contribution in [3.8, 4) is 0 Å². The summed E-state index contributed by atoms with van der Waals surface area (Å²) in [6, 6.07) is 5.37. The molecule has 0 aliphatic carbocycles. The summed E-state index contributed by atoms with van der Waals surface area (Å²) in [6.07, 6.45) is 2.05. The van der Waals surface area contributed by atoms with E-state index >= 15 is 0 Å². The third-order valence-electron chi connectivity index (χ3n) is 4.15. The molecule has 0 spiro atoms. The van der Waals surface area contributed by atoms with Crippen LogP contribution in [0, 0.1) is 5.82 Å². The van der Waals surface area contributed by atoms with Crippen molar-refractivity contribution in [2.24, 2.45) is 0 Å². The van der Waals surface area contributed by atoms with E-state index in [0.717, 1.165) is 6.07 Å². The molecular weight excluding hydrogens is 335 g/mol. The summed E-state index contributed by atoms with van der Waals surface area (Å²) in [7, 11) is 0. The first-order chi connectivity index (χ1) is 11.5. The van der Waals surface area contributed by atoms with Gasteiger partial charge in [-0.3, -0.25) is 14.7 Å². The highest BCUT2D eigenvalue weighted by Crippen LogP contribution is 2.22. The van der Waals surface area contributed by atoms with Gasteiger partial charge in [0.1, 0.15) is 5.82 Å². The molecule has 0 unspecified atom stereocenters. The summed E-state index contributed by atoms with van der Waals surface area (Å²) >= 11 is 5.97. The molecular formula is C16H12ClFN4O2. The number of rotatable bonds is 1. The van der Waals surface area contributed by atoms with Gasteiger partial charge in [-0.25, -0.2) is 13.9 Å². The minimum Gasteiger partial charge on any atom is -0.332 e. The van der Waals surface area contributed by atoms with Crippen LogP contribution in [0.1, 0.15) is 21.6 Å². The Morgan fingerprint density at radius 3 is 2.96 bits per heavy atom. The second kappa shape index (κ2) is 5.45. The number of amides is 1. The van der Waals surface area contributed by atoms with E-state index in [1.165, 1.54) is 16.6 Å². The molecule has 1 aromatic carbocycles. The zero-order valence-corrected chi connectivity index (χ0v) is 13.2. The number of halogens is 2. The van der Waals surface area contributed by atoms with Crippen LogP contribution in [0.5, 0.6) is 0 Å². The number of carbonyl (C=O) groups excluding carboxylic acids is 1. The van der Waals surface area contributed by atoms with Crippen LogP contribution in [0.25, 0.3) is 5.65 Å². The third kappa shape index (κ3) is 2.28. The maximum Gasteiger partial charge on any atom is 0.276 e. The first-order valence-electron chi connectivity index (χ1n) is 7.37. The van der Waals surface area contributed by atoms with Crippen molar-refractivity contribution in [2.45, 2.75) is 13.0 Å². The summed E-state index contributed by atoms with van der Waals surface area (Å²) in [5.41, 5.74) is 1.78. The van der Waals surface area contributed by atoms with Gasteiger partial charge in [0.05, 0.1) is 22.8 Å². The molecule has 8 heteroatoms. The first kappa shape index (κ1) is 14.9. The van der Waals surface area contributed by atoms with Crippen molar-refractivity contribution in [2.75, 3.05) is 6.54 Å². The van der Waals surface area contributed by atoms with Gasteiger partial charge in [-0.05, 0) is 24.6 Å². The topological polar surface area (TPSA) is 70.5 Å². The van der Waals surface area contributed by atoms with Gasteiger partial charge in [-0.2, -0.15) is 0 Å². The van der Waals surface area contributed by atoms with E-state index in [1.807, 2.05) is 0 Å². The molecule has 3 heterocycles. The molecule has 1 aliphatic heterocycles. The lowest BCUT2D eigenvalue weighted by Crippen LogP contribution is -2.39. The van der Waals surface area contributed by atoms with Crippen molar-refractivity contribution >= 4 is 23.2 Å². The first-order valence-corrected chi connectivity index (χ1v) is 7.74. The van der Waals surface area contributed by atoms with E-state index in [0.29, 0.717) is 29.9 Å². The monoisotopic (exact) mass is 346 g/mol. The number of aromatic amines is 1. The average molecular weight is 347 g/mol. The Hall–Kier alpha value is -2.67. The Kier molecular flexibility index (Phi) is 3.38. The molecule has 0 radical (unpaired) electrons. The highest BCUT2D eigenvalue weighted by molar-refractivity contribution is 6.33. The van der Waals surface area contributed by atoms with Gasteiger partial charge < -0.3 is 4.90 Å². The van der Waals surface area contributed by atoms with E-state index in [-0.39, 0.29) is 28.6 Å². The summed E-state index contributed by atoms with van der Waals surface area (Å²) < 4.78 is 14.5.